The number of hydrogen-bond donors (Lipinski definition) is 2. The van der Waals surface area contributed by atoms with Crippen molar-refractivity contribution in [1.29, 1.82) is 0 Å². The number of esters is 2. The molecule has 0 spiro atoms. The highest BCUT2D eigenvalue weighted by atomic mass is 16.5. The number of ether oxygens (including phenoxy) is 2. The lowest BCUT2D eigenvalue weighted by molar-refractivity contribution is -0.131. The van der Waals surface area contributed by atoms with Crippen LogP contribution in [0.2, 0.25) is 0 Å². The molecule has 148 valence electrons. The topological polar surface area (TPSA) is 105 Å². The van der Waals surface area contributed by atoms with E-state index in [9.17, 15) is 9.59 Å². The summed E-state index contributed by atoms with van der Waals surface area (Å²) in [5.41, 5.74) is 13.6. The van der Waals surface area contributed by atoms with Crippen molar-refractivity contribution in [2.45, 2.75) is 38.8 Å². The minimum Gasteiger partial charge on any atom is -0.423 e. The van der Waals surface area contributed by atoms with Crippen molar-refractivity contribution >= 4 is 11.9 Å². The van der Waals surface area contributed by atoms with E-state index in [4.69, 9.17) is 20.9 Å². The fourth-order valence-corrected chi connectivity index (χ4v) is 2.57. The van der Waals surface area contributed by atoms with Crippen molar-refractivity contribution < 1.29 is 19.1 Å². The second-order valence-electron chi connectivity index (χ2n) is 6.83. The maximum Gasteiger partial charge on any atom is 0.336 e. The zero-order chi connectivity index (χ0) is 20.5. The van der Waals surface area contributed by atoms with E-state index in [1.165, 1.54) is 0 Å². The molecule has 0 saturated heterocycles. The van der Waals surface area contributed by atoms with Gasteiger partial charge in [0.15, 0.2) is 0 Å². The minimum absolute atomic E-state index is 0.0581. The Labute approximate surface area is 165 Å². The lowest BCUT2D eigenvalue weighted by atomic mass is 10.1. The summed E-state index contributed by atoms with van der Waals surface area (Å²) in [5.74, 6) is -0.546. The Morgan fingerprint density at radius 2 is 1.07 bits per heavy atom. The third-order valence-corrected chi connectivity index (χ3v) is 3.75. The third-order valence-electron chi connectivity index (χ3n) is 3.75. The number of benzene rings is 2. The highest BCUT2D eigenvalue weighted by Crippen LogP contribution is 2.15. The van der Waals surface area contributed by atoms with Crippen LogP contribution in [0.15, 0.2) is 60.7 Å². The Hall–Kier alpha value is -2.96. The molecule has 2 atom stereocenters. The van der Waals surface area contributed by atoms with Gasteiger partial charge >= 0.3 is 11.9 Å². The Kier molecular flexibility index (Phi) is 7.92. The van der Waals surface area contributed by atoms with Gasteiger partial charge in [-0.15, -0.1) is 0 Å². The highest BCUT2D eigenvalue weighted by Gasteiger charge is 2.06. The van der Waals surface area contributed by atoms with Gasteiger partial charge in [-0.25, -0.2) is 9.59 Å². The van der Waals surface area contributed by atoms with Gasteiger partial charge < -0.3 is 20.9 Å². The summed E-state index contributed by atoms with van der Waals surface area (Å²) in [6, 6.07) is 14.2. The van der Waals surface area contributed by atoms with Crippen molar-refractivity contribution in [1.82, 2.24) is 0 Å². The molecule has 0 bridgehead atoms. The highest BCUT2D eigenvalue weighted by molar-refractivity contribution is 5.93. The van der Waals surface area contributed by atoms with Crippen LogP contribution >= 0.6 is 0 Å². The maximum atomic E-state index is 11.8. The lowest BCUT2D eigenvalue weighted by Crippen LogP contribution is -2.17. The smallest absolute Gasteiger partial charge is 0.336 e. The number of rotatable bonds is 8. The predicted octanol–water partition coefficient (Wildman–Crippen LogP) is 2.53. The van der Waals surface area contributed by atoms with E-state index in [-0.39, 0.29) is 12.1 Å². The van der Waals surface area contributed by atoms with E-state index >= 15 is 0 Å². The van der Waals surface area contributed by atoms with Crippen LogP contribution in [0, 0.1) is 0 Å². The minimum atomic E-state index is -0.663. The summed E-state index contributed by atoms with van der Waals surface area (Å²) in [6.07, 6.45) is 3.55. The summed E-state index contributed by atoms with van der Waals surface area (Å²) in [6.45, 7) is 3.85. The number of carbonyl (C=O) groups excluding carboxylic acids is 2. The fraction of sp³-hybridized carbons (Fsp3) is 0.273. The standard InChI is InChI=1S/C22H26N2O4/c1-15(23)13-17-3-7-19(8-4-17)27-21(25)11-12-22(26)28-20-9-5-18(6-10-20)14-16(2)24/h3-12,15-16H,13-14,23-24H2,1-2H3/b12-11+. The molecule has 0 aromatic heterocycles. The van der Waals surface area contributed by atoms with Crippen molar-refractivity contribution in [3.63, 3.8) is 0 Å². The average Bonchev–Trinajstić information content (AvgIpc) is 2.62. The normalized spacial score (nSPS) is 13.1. The summed E-state index contributed by atoms with van der Waals surface area (Å²) in [5, 5.41) is 0. The molecule has 6 nitrogen and oxygen atoms in total. The largest absolute Gasteiger partial charge is 0.423 e. The first kappa shape index (κ1) is 21.3. The van der Waals surface area contributed by atoms with Crippen LogP contribution in [0.4, 0.5) is 0 Å². The van der Waals surface area contributed by atoms with Crippen LogP contribution in [-0.4, -0.2) is 24.0 Å². The zero-order valence-corrected chi connectivity index (χ0v) is 16.1. The van der Waals surface area contributed by atoms with E-state index in [1.54, 1.807) is 24.3 Å². The monoisotopic (exact) mass is 382 g/mol. The maximum absolute atomic E-state index is 11.8. The summed E-state index contributed by atoms with van der Waals surface area (Å²) < 4.78 is 10.3. The predicted molar refractivity (Wildman–Crippen MR) is 108 cm³/mol. The molecular formula is C22H26N2O4. The van der Waals surface area contributed by atoms with E-state index in [2.05, 4.69) is 0 Å². The Bertz CT molecular complexity index is 740. The van der Waals surface area contributed by atoms with Gasteiger partial charge in [0.05, 0.1) is 0 Å². The third kappa shape index (κ3) is 7.73. The first-order chi connectivity index (χ1) is 13.3. The molecule has 6 heteroatoms. The van der Waals surface area contributed by atoms with Crippen LogP contribution in [-0.2, 0) is 22.4 Å². The molecular weight excluding hydrogens is 356 g/mol. The summed E-state index contributed by atoms with van der Waals surface area (Å²) in [7, 11) is 0. The molecule has 2 unspecified atom stereocenters. The van der Waals surface area contributed by atoms with E-state index in [1.807, 2.05) is 38.1 Å². The Morgan fingerprint density at radius 3 is 1.36 bits per heavy atom. The first-order valence-corrected chi connectivity index (χ1v) is 9.12. The van der Waals surface area contributed by atoms with Gasteiger partial charge in [-0.05, 0) is 62.1 Å². The van der Waals surface area contributed by atoms with Gasteiger partial charge in [-0.2, -0.15) is 0 Å². The number of nitrogens with two attached hydrogens (primary N) is 2. The van der Waals surface area contributed by atoms with Gasteiger partial charge in [-0.3, -0.25) is 0 Å². The van der Waals surface area contributed by atoms with Crippen molar-refractivity contribution in [3.05, 3.63) is 71.8 Å². The van der Waals surface area contributed by atoms with Gasteiger partial charge in [0.2, 0.25) is 0 Å². The molecule has 28 heavy (non-hydrogen) atoms. The quantitative estimate of drug-likeness (QED) is 0.413. The van der Waals surface area contributed by atoms with Crippen LogP contribution in [0.3, 0.4) is 0 Å². The van der Waals surface area contributed by atoms with E-state index < -0.39 is 11.9 Å². The van der Waals surface area contributed by atoms with E-state index in [0.717, 1.165) is 36.1 Å². The molecule has 0 aliphatic rings. The Morgan fingerprint density at radius 1 is 0.750 bits per heavy atom. The van der Waals surface area contributed by atoms with Crippen molar-refractivity contribution in [3.8, 4) is 11.5 Å². The lowest BCUT2D eigenvalue weighted by Gasteiger charge is -2.07. The van der Waals surface area contributed by atoms with Crippen LogP contribution < -0.4 is 20.9 Å². The second-order valence-corrected chi connectivity index (χ2v) is 6.83. The molecule has 2 aromatic rings. The number of carbonyl (C=O) groups is 2. The molecule has 0 aliphatic carbocycles. The SMILES string of the molecule is CC(N)Cc1ccc(OC(=O)/C=C/C(=O)Oc2ccc(CC(C)N)cc2)cc1. The van der Waals surface area contributed by atoms with Crippen molar-refractivity contribution in [2.24, 2.45) is 11.5 Å². The van der Waals surface area contributed by atoms with E-state index in [0.29, 0.717) is 11.5 Å². The number of hydrogen-bond acceptors (Lipinski definition) is 6. The molecule has 0 radical (unpaired) electrons. The molecule has 0 fully saturated rings. The Balaban J connectivity index is 1.83. The summed E-state index contributed by atoms with van der Waals surface area (Å²) >= 11 is 0. The van der Waals surface area contributed by atoms with Gasteiger partial charge in [0, 0.05) is 24.2 Å². The fourth-order valence-electron chi connectivity index (χ4n) is 2.57. The van der Waals surface area contributed by atoms with Gasteiger partial charge in [0.25, 0.3) is 0 Å². The molecule has 0 heterocycles. The van der Waals surface area contributed by atoms with Crippen LogP contribution in [0.5, 0.6) is 11.5 Å². The molecule has 2 rings (SSSR count). The molecule has 0 aliphatic heterocycles. The van der Waals surface area contributed by atoms with Gasteiger partial charge in [-0.1, -0.05) is 24.3 Å². The van der Waals surface area contributed by atoms with Gasteiger partial charge in [0.1, 0.15) is 11.5 Å². The van der Waals surface area contributed by atoms with Crippen molar-refractivity contribution in [2.75, 3.05) is 0 Å². The van der Waals surface area contributed by atoms with Crippen LogP contribution in [0.25, 0.3) is 0 Å². The average molecular weight is 382 g/mol. The molecule has 4 N–H and O–H groups in total. The molecule has 2 aromatic carbocycles. The first-order valence-electron chi connectivity index (χ1n) is 9.12. The zero-order valence-electron chi connectivity index (χ0n) is 16.1. The molecule has 0 saturated carbocycles. The second kappa shape index (κ2) is 10.4. The summed E-state index contributed by atoms with van der Waals surface area (Å²) in [4.78, 5) is 23.7. The van der Waals surface area contributed by atoms with Crippen LogP contribution in [0.1, 0.15) is 25.0 Å². The molecule has 0 amide bonds.